The number of rotatable bonds is 6. The summed E-state index contributed by atoms with van der Waals surface area (Å²) in [7, 11) is 2.58. The van der Waals surface area contributed by atoms with Crippen molar-refractivity contribution < 1.29 is 485 Å². The minimum atomic E-state index is -2.29. The van der Waals surface area contributed by atoms with E-state index in [1.807, 2.05) is 0 Å². The van der Waals surface area contributed by atoms with Crippen LogP contribution in [0.1, 0.15) is 6.42 Å². The summed E-state index contributed by atoms with van der Waals surface area (Å²) in [5.41, 5.74) is 0. The van der Waals surface area contributed by atoms with E-state index in [0.29, 0.717) is 0 Å². The molecule has 58 heteroatoms. The molecular formula is C6H99O43PSSiW12. The summed E-state index contributed by atoms with van der Waals surface area (Å²) in [6, 6.07) is 0.833. The van der Waals surface area contributed by atoms with Crippen LogP contribution in [0.3, 0.4) is 0 Å². The van der Waals surface area contributed by atoms with Crippen LogP contribution in [0.5, 0.6) is 0 Å². The van der Waals surface area contributed by atoms with E-state index in [1.54, 1.807) is 21.3 Å². The van der Waals surface area contributed by atoms with E-state index in [-0.39, 0.29) is 482 Å². The molecule has 43 nitrogen and oxygen atoms in total. The maximum atomic E-state index is 5.20. The van der Waals surface area contributed by atoms with Crippen molar-refractivity contribution in [2.45, 2.75) is 12.5 Å². The van der Waals surface area contributed by atoms with Gasteiger partial charge in [-0.2, -0.15) is 22.5 Å². The van der Waals surface area contributed by atoms with Crippen LogP contribution in [0.15, 0.2) is 0 Å². The Morgan fingerprint density at radius 1 is 0.234 bits per heavy atom. The fraction of sp³-hybridized carbons (Fsp3) is 1.00. The molecule has 0 saturated carbocycles. The molecule has 0 heterocycles. The topological polar surface area (TPSA) is 1290 Å². The van der Waals surface area contributed by atoms with Gasteiger partial charge < -0.3 is 232 Å². The van der Waals surface area contributed by atoms with Crippen molar-refractivity contribution in [3.05, 3.63) is 0 Å². The van der Waals surface area contributed by atoms with Gasteiger partial charge in [0.1, 0.15) is 0 Å². The van der Waals surface area contributed by atoms with Crippen molar-refractivity contribution in [2.24, 2.45) is 0 Å². The molecule has 0 saturated heterocycles. The van der Waals surface area contributed by atoms with E-state index in [9.17, 15) is 0 Å². The molecule has 0 rings (SSSR count). The Balaban J connectivity index is -0.000000000363. The summed E-state index contributed by atoms with van der Waals surface area (Å²) in [6.07, 6.45) is 0.963. The molecule has 64 heavy (non-hydrogen) atoms. The monoisotopic (exact) mass is 3160 g/mol. The van der Waals surface area contributed by atoms with Crippen LogP contribution in [0, 0.1) is 0 Å². The zero-order chi connectivity index (χ0) is 8.74. The Kier molecular flexibility index (Phi) is 16200. The van der Waals surface area contributed by atoms with Gasteiger partial charge in [0.2, 0.25) is 0 Å². The molecule has 0 fully saturated rings. The van der Waals surface area contributed by atoms with Gasteiger partial charge in [-0.3, -0.25) is 0 Å². The molecule has 1 unspecified atom stereocenters. The quantitative estimate of drug-likeness (QED) is 0.154. The summed E-state index contributed by atoms with van der Waals surface area (Å²) >= 11 is 4.10. The van der Waals surface area contributed by atoms with Gasteiger partial charge in [0, 0.05) is 280 Å². The molecule has 0 aromatic heterocycles. The molecule has 0 radical (unpaired) electrons. The van der Waals surface area contributed by atoms with Gasteiger partial charge in [-0.15, -0.1) is 0 Å². The molecule has 0 aromatic rings. The van der Waals surface area contributed by atoms with Crippen molar-refractivity contribution in [1.29, 1.82) is 0 Å². The van der Waals surface area contributed by atoms with Gasteiger partial charge in [-0.1, -0.05) is 0 Å². The maximum Gasteiger partial charge on any atom is 0.500 e. The van der Waals surface area contributed by atoms with Crippen LogP contribution in [-0.4, -0.2) is 255 Å². The predicted molar refractivity (Wildman–Crippen MR) is 206 cm³/mol. The summed E-state index contributed by atoms with van der Waals surface area (Å²) in [4.78, 5) is 0. The van der Waals surface area contributed by atoms with Crippen LogP contribution in [-0.2, 0) is 266 Å². The first-order valence-corrected chi connectivity index (χ1v) is 6.07. The second-order valence-electron chi connectivity index (χ2n) is 2.12. The van der Waals surface area contributed by atoms with E-state index in [4.69, 9.17) is 13.3 Å². The Morgan fingerprint density at radius 3 is 0.359 bits per heavy atom. The smallest absolute Gasteiger partial charge is 0.412 e. The van der Waals surface area contributed by atoms with Crippen molar-refractivity contribution >= 4 is 31.3 Å². The van der Waals surface area contributed by atoms with E-state index < -0.39 is 8.80 Å². The summed E-state index contributed by atoms with van der Waals surface area (Å²) in [6.45, 7) is 0. The standard InChI is InChI=1S/C6H16O3SSi.40H2O.H3P.12W/c1-7-11(8-2,9-3)6-4-5-10;;;;;;;;;;;;;;;;;;;;;;;;;;;;;;;;;;;;;;;;;;;;;;;;;;;;;/h10H,4-6H2,1-3H3;40*1H2;1H3;;;;;;;;;;;;. The third-order valence-corrected chi connectivity index (χ3v) is 4.72. The molecule has 80 N–H and O–H groups in total. The summed E-state index contributed by atoms with van der Waals surface area (Å²) in [5.74, 6) is 0.838. The average Bonchev–Trinajstić information content (AvgIpc) is 2.08. The Hall–Kier alpha value is 7.54. The van der Waals surface area contributed by atoms with E-state index in [2.05, 4.69) is 12.6 Å². The molecule has 0 aliphatic carbocycles. The van der Waals surface area contributed by atoms with Crippen LogP contribution in [0.4, 0.5) is 0 Å². The molecule has 0 aliphatic rings. The maximum absolute atomic E-state index is 5.20. The van der Waals surface area contributed by atoms with Crippen LogP contribution < -0.4 is 0 Å². The van der Waals surface area contributed by atoms with Crippen LogP contribution in [0.25, 0.3) is 0 Å². The minimum Gasteiger partial charge on any atom is -0.412 e. The molecular weight excluding hydrogens is 3060 g/mol. The number of hydrogen-bond acceptors (Lipinski definition) is 4. The first-order chi connectivity index (χ1) is 5.24. The van der Waals surface area contributed by atoms with Crippen molar-refractivity contribution in [2.75, 3.05) is 27.1 Å². The summed E-state index contributed by atoms with van der Waals surface area (Å²) < 4.78 is 15.6. The molecule has 0 spiro atoms. The van der Waals surface area contributed by atoms with E-state index >= 15 is 0 Å². The Morgan fingerprint density at radius 2 is 0.312 bits per heavy atom. The van der Waals surface area contributed by atoms with Gasteiger partial charge in [0.05, 0.1) is 0 Å². The van der Waals surface area contributed by atoms with Crippen LogP contribution >= 0.6 is 22.5 Å². The first kappa shape index (κ1) is 1160. The van der Waals surface area contributed by atoms with Crippen molar-refractivity contribution in [3.8, 4) is 0 Å². The number of thiol groups is 1. The predicted octanol–water partition coefficient (Wildman–Crippen LogP) is -31.8. The van der Waals surface area contributed by atoms with Crippen molar-refractivity contribution in [1.82, 2.24) is 0 Å². The third kappa shape index (κ3) is 704. The number of hydrogen-bond donors (Lipinski definition) is 1. The second-order valence-corrected chi connectivity index (χ2v) is 5.66. The van der Waals surface area contributed by atoms with Gasteiger partial charge in [0.15, 0.2) is 0 Å². The summed E-state index contributed by atoms with van der Waals surface area (Å²) in [5, 5.41) is 0. The molecule has 0 bridgehead atoms. The normalized spacial score (nSPS) is 2.06. The molecule has 0 aromatic carbocycles. The molecule has 0 amide bonds. The zero-order valence-electron chi connectivity index (χ0n) is 32.9. The first-order valence-electron chi connectivity index (χ1n) is 3.51. The molecule has 1 atom stereocenters. The van der Waals surface area contributed by atoms with Crippen molar-refractivity contribution in [3.63, 3.8) is 0 Å². The Bertz CT molecular complexity index is 164. The SMILES string of the molecule is CO[Si](CCCS)(OC)OC.O.O.O.O.O.O.O.O.O.O.O.O.O.O.O.O.O.O.O.O.O.O.O.O.O.O.O.O.O.O.O.O.O.O.O.O.O.O.O.O.P.[W].[W].[W].[W].[W].[W].[W].[W].[W].[W].[W].[W]. The molecule has 0 aliphatic heterocycles. The van der Waals surface area contributed by atoms with Crippen LogP contribution in [0.2, 0.25) is 6.04 Å². The fourth-order valence-electron chi connectivity index (χ4n) is 0.852. The third-order valence-electron chi connectivity index (χ3n) is 1.57. The fourth-order valence-corrected chi connectivity index (χ4v) is 3.03. The van der Waals surface area contributed by atoms with Gasteiger partial charge >= 0.3 is 8.80 Å². The minimum absolute atomic E-state index is 0. The average molecular weight is 3160 g/mol. The second kappa shape index (κ2) is 894. The largest absolute Gasteiger partial charge is 0.500 e. The zero-order valence-corrected chi connectivity index (χ0v) is 71.4. The molecule has 468 valence electrons. The van der Waals surface area contributed by atoms with Gasteiger partial charge in [-0.05, 0) is 12.2 Å². The van der Waals surface area contributed by atoms with Gasteiger partial charge in [0.25, 0.3) is 0 Å². The van der Waals surface area contributed by atoms with Gasteiger partial charge in [-0.25, -0.2) is 0 Å². The van der Waals surface area contributed by atoms with E-state index in [1.165, 1.54) is 0 Å². The van der Waals surface area contributed by atoms with E-state index in [0.717, 1.165) is 18.2 Å². The Labute approximate surface area is 548 Å².